The van der Waals surface area contributed by atoms with Gasteiger partial charge in [0, 0.05) is 16.9 Å². The summed E-state index contributed by atoms with van der Waals surface area (Å²) in [4.78, 5) is 16.4. The molecule has 2 aromatic rings. The van der Waals surface area contributed by atoms with E-state index in [1.165, 1.54) is 11.3 Å². The molecule has 0 unspecified atom stereocenters. The van der Waals surface area contributed by atoms with Gasteiger partial charge in [-0.3, -0.25) is 4.79 Å². The highest BCUT2D eigenvalue weighted by Gasteiger charge is 2.18. The van der Waals surface area contributed by atoms with Crippen molar-refractivity contribution in [2.24, 2.45) is 0 Å². The van der Waals surface area contributed by atoms with Crippen LogP contribution in [0.1, 0.15) is 52.4 Å². The zero-order chi connectivity index (χ0) is 14.9. The van der Waals surface area contributed by atoms with E-state index < -0.39 is 5.97 Å². The third-order valence-electron chi connectivity index (χ3n) is 3.14. The first kappa shape index (κ1) is 14.7. The second kappa shape index (κ2) is 5.75. The number of aliphatic carboxylic acids is 1. The molecule has 0 aliphatic carbocycles. The van der Waals surface area contributed by atoms with E-state index in [1.807, 2.05) is 27.7 Å². The quantitative estimate of drug-likeness (QED) is 0.917. The molecule has 0 aliphatic heterocycles. The van der Waals surface area contributed by atoms with Crippen LogP contribution in [0.5, 0.6) is 0 Å². The normalized spacial score (nSPS) is 11.2. The molecule has 0 bridgehead atoms. The summed E-state index contributed by atoms with van der Waals surface area (Å²) < 4.78 is 5.15. The van der Waals surface area contributed by atoms with Crippen LogP contribution < -0.4 is 0 Å². The first-order valence-corrected chi connectivity index (χ1v) is 7.32. The highest BCUT2D eigenvalue weighted by Crippen LogP contribution is 2.28. The molecule has 0 atom stereocenters. The molecule has 0 fully saturated rings. The lowest BCUT2D eigenvalue weighted by molar-refractivity contribution is -0.136. The van der Waals surface area contributed by atoms with Crippen molar-refractivity contribution in [3.63, 3.8) is 0 Å². The Morgan fingerprint density at radius 1 is 1.40 bits per heavy atom. The molecule has 0 aliphatic rings. The van der Waals surface area contributed by atoms with Crippen molar-refractivity contribution in [1.29, 1.82) is 0 Å². The van der Waals surface area contributed by atoms with E-state index in [0.717, 1.165) is 32.6 Å². The molecule has 2 heterocycles. The number of hydrogen-bond acceptors (Lipinski definition) is 5. The van der Waals surface area contributed by atoms with E-state index >= 15 is 0 Å². The molecule has 0 aromatic carbocycles. The smallest absolute Gasteiger partial charge is 0.308 e. The highest BCUT2D eigenvalue weighted by atomic mass is 32.1. The zero-order valence-electron chi connectivity index (χ0n) is 12.1. The van der Waals surface area contributed by atoms with Crippen molar-refractivity contribution in [3.8, 4) is 0 Å². The largest absolute Gasteiger partial charge is 0.481 e. The number of nitrogens with zero attached hydrogens (tertiary/aromatic N) is 2. The monoisotopic (exact) mass is 294 g/mol. The molecule has 0 amide bonds. The van der Waals surface area contributed by atoms with E-state index in [9.17, 15) is 4.79 Å². The van der Waals surface area contributed by atoms with Gasteiger partial charge in [-0.05, 0) is 19.8 Å². The molecular formula is C14H18N2O3S. The Labute approximate surface area is 121 Å². The number of aromatic nitrogens is 2. The number of carboxylic acid groups (broad SMARTS) is 1. The maximum absolute atomic E-state index is 10.9. The zero-order valence-corrected chi connectivity index (χ0v) is 12.9. The van der Waals surface area contributed by atoms with E-state index in [4.69, 9.17) is 9.63 Å². The van der Waals surface area contributed by atoms with Crippen molar-refractivity contribution in [1.82, 2.24) is 10.1 Å². The Kier molecular flexibility index (Phi) is 4.23. The third kappa shape index (κ3) is 3.07. The summed E-state index contributed by atoms with van der Waals surface area (Å²) in [5.41, 5.74) is 2.79. The van der Waals surface area contributed by atoms with Crippen LogP contribution in [0.3, 0.4) is 0 Å². The fourth-order valence-electron chi connectivity index (χ4n) is 2.11. The Morgan fingerprint density at radius 2 is 2.10 bits per heavy atom. The lowest BCUT2D eigenvalue weighted by Gasteiger charge is -2.02. The summed E-state index contributed by atoms with van der Waals surface area (Å²) in [6.07, 6.45) is 0.679. The predicted octanol–water partition coefficient (Wildman–Crippen LogP) is 3.09. The van der Waals surface area contributed by atoms with Gasteiger partial charge >= 0.3 is 5.97 Å². The lowest BCUT2D eigenvalue weighted by Crippen LogP contribution is -2.02. The maximum Gasteiger partial charge on any atom is 0.308 e. The van der Waals surface area contributed by atoms with Crippen molar-refractivity contribution in [2.45, 2.75) is 46.5 Å². The maximum atomic E-state index is 10.9. The van der Waals surface area contributed by atoms with Gasteiger partial charge in [0.05, 0.1) is 22.8 Å². The Morgan fingerprint density at radius 3 is 2.60 bits per heavy atom. The Bertz CT molecular complexity index is 609. The van der Waals surface area contributed by atoms with Gasteiger partial charge in [-0.25, -0.2) is 4.98 Å². The summed E-state index contributed by atoms with van der Waals surface area (Å²) >= 11 is 1.47. The molecule has 1 N–H and O–H groups in total. The highest BCUT2D eigenvalue weighted by molar-refractivity contribution is 7.11. The van der Waals surface area contributed by atoms with E-state index in [2.05, 4.69) is 10.1 Å². The summed E-state index contributed by atoms with van der Waals surface area (Å²) in [5, 5.41) is 13.8. The van der Waals surface area contributed by atoms with Gasteiger partial charge in [-0.15, -0.1) is 11.3 Å². The summed E-state index contributed by atoms with van der Waals surface area (Å²) in [6.45, 7) is 7.84. The molecule has 0 saturated carbocycles. The SMILES string of the molecule is Cc1noc(C)c1Cc1nc(C(C)C)c(CC(=O)O)s1. The lowest BCUT2D eigenvalue weighted by atomic mass is 10.1. The van der Waals surface area contributed by atoms with Crippen molar-refractivity contribution in [3.05, 3.63) is 32.6 Å². The second-order valence-corrected chi connectivity index (χ2v) is 6.29. The molecule has 6 heteroatoms. The van der Waals surface area contributed by atoms with E-state index in [-0.39, 0.29) is 12.3 Å². The molecule has 0 radical (unpaired) electrons. The molecule has 0 saturated heterocycles. The first-order valence-electron chi connectivity index (χ1n) is 6.50. The minimum absolute atomic E-state index is 0.0345. The van der Waals surface area contributed by atoms with E-state index in [0.29, 0.717) is 6.42 Å². The number of aryl methyl sites for hydroxylation is 2. The summed E-state index contributed by atoms with van der Waals surface area (Å²) in [6, 6.07) is 0. The molecule has 2 aromatic heterocycles. The van der Waals surface area contributed by atoms with Crippen molar-refractivity contribution in [2.75, 3.05) is 0 Å². The number of thiazole rings is 1. The number of hydrogen-bond donors (Lipinski definition) is 1. The predicted molar refractivity (Wildman–Crippen MR) is 76.3 cm³/mol. The van der Waals surface area contributed by atoms with Crippen LogP contribution >= 0.6 is 11.3 Å². The Balaban J connectivity index is 2.31. The first-order chi connectivity index (χ1) is 9.38. The molecule has 0 spiro atoms. The molecule has 2 rings (SSSR count). The minimum atomic E-state index is -0.820. The van der Waals surface area contributed by atoms with Gasteiger partial charge < -0.3 is 9.63 Å². The fraction of sp³-hybridized carbons (Fsp3) is 0.500. The topological polar surface area (TPSA) is 76.2 Å². The molecular weight excluding hydrogens is 276 g/mol. The minimum Gasteiger partial charge on any atom is -0.481 e. The summed E-state index contributed by atoms with van der Waals surface area (Å²) in [5.74, 6) is 0.196. The second-order valence-electron chi connectivity index (χ2n) is 5.12. The standard InChI is InChI=1S/C14H18N2O3S/c1-7(2)14-11(6-13(17)18)20-12(15-14)5-10-8(3)16-19-9(10)4/h7H,5-6H2,1-4H3,(H,17,18). The van der Waals surface area contributed by atoms with E-state index in [1.54, 1.807) is 0 Å². The fourth-order valence-corrected chi connectivity index (χ4v) is 3.34. The van der Waals surface area contributed by atoms with Crippen LogP contribution in [0, 0.1) is 13.8 Å². The third-order valence-corrected chi connectivity index (χ3v) is 4.21. The number of rotatable bonds is 5. The van der Waals surface area contributed by atoms with Gasteiger partial charge in [-0.2, -0.15) is 0 Å². The van der Waals surface area contributed by atoms with Crippen LogP contribution in [0.25, 0.3) is 0 Å². The van der Waals surface area contributed by atoms with Gasteiger partial charge in [0.2, 0.25) is 0 Å². The average molecular weight is 294 g/mol. The average Bonchev–Trinajstić information content (AvgIpc) is 2.87. The van der Waals surface area contributed by atoms with Gasteiger partial charge in [0.15, 0.2) is 0 Å². The van der Waals surface area contributed by atoms with Crippen LogP contribution in [0.15, 0.2) is 4.52 Å². The number of carbonyl (C=O) groups is 1. The van der Waals surface area contributed by atoms with Gasteiger partial charge in [0.25, 0.3) is 0 Å². The molecule has 5 nitrogen and oxygen atoms in total. The summed E-state index contributed by atoms with van der Waals surface area (Å²) in [7, 11) is 0. The van der Waals surface area contributed by atoms with Crippen LogP contribution in [-0.2, 0) is 17.6 Å². The van der Waals surface area contributed by atoms with Gasteiger partial charge in [-0.1, -0.05) is 19.0 Å². The Hall–Kier alpha value is -1.69. The molecule has 20 heavy (non-hydrogen) atoms. The van der Waals surface area contributed by atoms with Crippen molar-refractivity contribution < 1.29 is 14.4 Å². The van der Waals surface area contributed by atoms with Crippen LogP contribution in [0.4, 0.5) is 0 Å². The molecule has 108 valence electrons. The van der Waals surface area contributed by atoms with Gasteiger partial charge in [0.1, 0.15) is 5.76 Å². The van der Waals surface area contributed by atoms with Crippen molar-refractivity contribution >= 4 is 17.3 Å². The number of carboxylic acids is 1. The van der Waals surface area contributed by atoms with Crippen LogP contribution in [0.2, 0.25) is 0 Å². The van der Waals surface area contributed by atoms with Crippen LogP contribution in [-0.4, -0.2) is 21.2 Å².